The molecule has 0 saturated carbocycles. The zero-order chi connectivity index (χ0) is 16.7. The van der Waals surface area contributed by atoms with E-state index < -0.39 is 10.0 Å². The molecule has 1 aliphatic heterocycles. The Morgan fingerprint density at radius 2 is 1.96 bits per heavy atom. The Kier molecular flexibility index (Phi) is 6.14. The lowest BCUT2D eigenvalue weighted by Gasteiger charge is -2.26. The number of carbonyl (C=O) groups is 1. The van der Waals surface area contributed by atoms with Crippen LogP contribution in [0.1, 0.15) is 0 Å². The third-order valence-electron chi connectivity index (χ3n) is 3.25. The fourth-order valence-corrected chi connectivity index (χ4v) is 3.44. The molecule has 1 aromatic carbocycles. The number of sulfonamides is 1. The smallest absolute Gasteiger partial charge is 0.258 e. The molecule has 0 unspecified atom stereocenters. The number of rotatable bonds is 7. The summed E-state index contributed by atoms with van der Waals surface area (Å²) in [6.07, 6.45) is 1.57. The average molecular weight is 340 g/mol. The largest absolute Gasteiger partial charge is 0.484 e. The van der Waals surface area contributed by atoms with E-state index in [9.17, 15) is 13.2 Å². The third kappa shape index (κ3) is 4.78. The minimum absolute atomic E-state index is 0.136. The molecule has 1 heterocycles. The summed E-state index contributed by atoms with van der Waals surface area (Å²) in [5, 5.41) is 2.58. The lowest BCUT2D eigenvalue weighted by Crippen LogP contribution is -2.40. The Bertz CT molecular complexity index is 636. The summed E-state index contributed by atoms with van der Waals surface area (Å²) in [5.74, 6) is 0.162. The quantitative estimate of drug-likeness (QED) is 0.726. The first kappa shape index (κ1) is 17.5. The third-order valence-corrected chi connectivity index (χ3v) is 5.16. The van der Waals surface area contributed by atoms with Gasteiger partial charge in [-0.25, -0.2) is 8.42 Å². The highest BCUT2D eigenvalue weighted by Gasteiger charge is 2.26. The molecule has 0 bridgehead atoms. The van der Waals surface area contributed by atoms with Gasteiger partial charge in [0.1, 0.15) is 5.75 Å². The van der Waals surface area contributed by atoms with E-state index in [1.807, 2.05) is 0 Å². The van der Waals surface area contributed by atoms with Gasteiger partial charge in [-0.1, -0.05) is 6.08 Å². The second kappa shape index (κ2) is 8.09. The van der Waals surface area contributed by atoms with Crippen LogP contribution >= 0.6 is 0 Å². The monoisotopic (exact) mass is 340 g/mol. The first-order valence-corrected chi connectivity index (χ1v) is 8.66. The summed E-state index contributed by atoms with van der Waals surface area (Å²) in [5.41, 5.74) is 0. The van der Waals surface area contributed by atoms with Gasteiger partial charge >= 0.3 is 0 Å². The van der Waals surface area contributed by atoms with Gasteiger partial charge in [0.05, 0.1) is 18.1 Å². The number of benzene rings is 1. The van der Waals surface area contributed by atoms with E-state index >= 15 is 0 Å². The predicted molar refractivity (Wildman–Crippen MR) is 84.7 cm³/mol. The van der Waals surface area contributed by atoms with Gasteiger partial charge in [-0.15, -0.1) is 6.58 Å². The van der Waals surface area contributed by atoms with Crippen LogP contribution in [-0.2, 0) is 19.6 Å². The van der Waals surface area contributed by atoms with Gasteiger partial charge < -0.3 is 14.8 Å². The average Bonchev–Trinajstić information content (AvgIpc) is 2.59. The molecule has 126 valence electrons. The van der Waals surface area contributed by atoms with Crippen LogP contribution in [0.3, 0.4) is 0 Å². The molecule has 2 rings (SSSR count). The van der Waals surface area contributed by atoms with Crippen molar-refractivity contribution in [2.45, 2.75) is 4.90 Å². The standard InChI is InChI=1S/C15H20N2O5S/c1-2-7-16-15(18)12-22-13-3-5-14(6-4-13)23(19,20)17-8-10-21-11-9-17/h2-6H,1,7-12H2,(H,16,18). The van der Waals surface area contributed by atoms with Crippen LogP contribution in [0.5, 0.6) is 5.75 Å². The molecule has 1 fully saturated rings. The molecule has 0 aromatic heterocycles. The van der Waals surface area contributed by atoms with E-state index in [4.69, 9.17) is 9.47 Å². The molecule has 1 amide bonds. The number of nitrogens with one attached hydrogen (secondary N) is 1. The van der Waals surface area contributed by atoms with Gasteiger partial charge in [-0.2, -0.15) is 4.31 Å². The Labute approximate surface area is 135 Å². The zero-order valence-electron chi connectivity index (χ0n) is 12.7. The van der Waals surface area contributed by atoms with Gasteiger partial charge in [0, 0.05) is 19.6 Å². The summed E-state index contributed by atoms with van der Waals surface area (Å²) in [4.78, 5) is 11.6. The highest BCUT2D eigenvalue weighted by atomic mass is 32.2. The number of amides is 1. The molecule has 0 radical (unpaired) electrons. The van der Waals surface area contributed by atoms with Gasteiger partial charge in [-0.05, 0) is 24.3 Å². The number of hydrogen-bond donors (Lipinski definition) is 1. The molecule has 0 atom stereocenters. The van der Waals surface area contributed by atoms with Crippen molar-refractivity contribution < 1.29 is 22.7 Å². The van der Waals surface area contributed by atoms with Crippen molar-refractivity contribution in [1.29, 1.82) is 0 Å². The van der Waals surface area contributed by atoms with Crippen LogP contribution in [0.2, 0.25) is 0 Å². The molecule has 23 heavy (non-hydrogen) atoms. The molecule has 8 heteroatoms. The Hall–Kier alpha value is -1.90. The van der Waals surface area contributed by atoms with Gasteiger partial charge in [0.15, 0.2) is 6.61 Å². The van der Waals surface area contributed by atoms with Crippen LogP contribution in [0, 0.1) is 0 Å². The van der Waals surface area contributed by atoms with E-state index in [0.717, 1.165) is 0 Å². The highest BCUT2D eigenvalue weighted by Crippen LogP contribution is 2.20. The SMILES string of the molecule is C=CCNC(=O)COc1ccc(S(=O)(=O)N2CCOCC2)cc1. The van der Waals surface area contributed by atoms with Crippen molar-refractivity contribution in [3.63, 3.8) is 0 Å². The maximum atomic E-state index is 12.4. The fourth-order valence-electron chi connectivity index (χ4n) is 2.03. The maximum Gasteiger partial charge on any atom is 0.258 e. The minimum Gasteiger partial charge on any atom is -0.484 e. The van der Waals surface area contributed by atoms with Crippen LogP contribution in [0.25, 0.3) is 0 Å². The predicted octanol–water partition coefficient (Wildman–Crippen LogP) is 0.389. The van der Waals surface area contributed by atoms with Crippen LogP contribution in [0.4, 0.5) is 0 Å². The Balaban J connectivity index is 1.96. The van der Waals surface area contributed by atoms with Gasteiger partial charge in [-0.3, -0.25) is 4.79 Å². The molecular weight excluding hydrogens is 320 g/mol. The lowest BCUT2D eigenvalue weighted by molar-refractivity contribution is -0.122. The van der Waals surface area contributed by atoms with E-state index in [-0.39, 0.29) is 17.4 Å². The van der Waals surface area contributed by atoms with Gasteiger partial charge in [0.25, 0.3) is 5.91 Å². The summed E-state index contributed by atoms with van der Waals surface area (Å²) < 4.78 is 36.7. The molecule has 7 nitrogen and oxygen atoms in total. The molecule has 1 saturated heterocycles. The van der Waals surface area contributed by atoms with E-state index in [0.29, 0.717) is 38.6 Å². The van der Waals surface area contributed by atoms with Crippen molar-refractivity contribution in [1.82, 2.24) is 9.62 Å². The molecule has 0 aliphatic carbocycles. The van der Waals surface area contributed by atoms with E-state index in [1.54, 1.807) is 6.08 Å². The Morgan fingerprint density at radius 3 is 2.57 bits per heavy atom. The van der Waals surface area contributed by atoms with Crippen molar-refractivity contribution in [2.24, 2.45) is 0 Å². The Morgan fingerprint density at radius 1 is 1.30 bits per heavy atom. The van der Waals surface area contributed by atoms with Crippen molar-refractivity contribution in [2.75, 3.05) is 39.5 Å². The first-order valence-electron chi connectivity index (χ1n) is 7.22. The second-order valence-corrected chi connectivity index (χ2v) is 6.81. The molecule has 1 aliphatic rings. The van der Waals surface area contributed by atoms with Crippen LogP contribution < -0.4 is 10.1 Å². The number of nitrogens with zero attached hydrogens (tertiary/aromatic N) is 1. The van der Waals surface area contributed by atoms with Gasteiger partial charge in [0.2, 0.25) is 10.0 Å². The highest BCUT2D eigenvalue weighted by molar-refractivity contribution is 7.89. The molecular formula is C15H20N2O5S. The van der Waals surface area contributed by atoms with E-state index in [1.165, 1.54) is 28.6 Å². The molecule has 1 aromatic rings. The van der Waals surface area contributed by atoms with Crippen LogP contribution in [-0.4, -0.2) is 58.1 Å². The summed E-state index contributed by atoms with van der Waals surface area (Å²) in [7, 11) is -3.51. The molecule has 0 spiro atoms. The summed E-state index contributed by atoms with van der Waals surface area (Å²) >= 11 is 0. The fraction of sp³-hybridized carbons (Fsp3) is 0.400. The lowest BCUT2D eigenvalue weighted by atomic mass is 10.3. The first-order chi connectivity index (χ1) is 11.0. The minimum atomic E-state index is -3.51. The second-order valence-electron chi connectivity index (χ2n) is 4.87. The summed E-state index contributed by atoms with van der Waals surface area (Å²) in [6, 6.07) is 6.02. The normalized spacial score (nSPS) is 15.8. The number of hydrogen-bond acceptors (Lipinski definition) is 5. The van der Waals surface area contributed by atoms with E-state index in [2.05, 4.69) is 11.9 Å². The summed E-state index contributed by atoms with van der Waals surface area (Å²) in [6.45, 7) is 5.24. The van der Waals surface area contributed by atoms with Crippen molar-refractivity contribution in [3.05, 3.63) is 36.9 Å². The van der Waals surface area contributed by atoms with Crippen LogP contribution in [0.15, 0.2) is 41.8 Å². The topological polar surface area (TPSA) is 84.9 Å². The maximum absolute atomic E-state index is 12.4. The molecule has 1 N–H and O–H groups in total. The number of ether oxygens (including phenoxy) is 2. The number of morpholine rings is 1. The van der Waals surface area contributed by atoms with Crippen molar-refractivity contribution in [3.8, 4) is 5.75 Å². The number of carbonyl (C=O) groups excluding carboxylic acids is 1. The zero-order valence-corrected chi connectivity index (χ0v) is 13.5. The van der Waals surface area contributed by atoms with Crippen molar-refractivity contribution >= 4 is 15.9 Å².